The number of hydrogen-bond donors (Lipinski definition) is 2. The number of carbonyl (C=O) groups excluding carboxylic acids is 1. The van der Waals surface area contributed by atoms with Crippen LogP contribution in [0.1, 0.15) is 39.4 Å². The maximum Gasteiger partial charge on any atom is 0.270 e. The van der Waals surface area contributed by atoms with Crippen LogP contribution in [-0.2, 0) is 4.79 Å². The van der Waals surface area contributed by atoms with E-state index in [-0.39, 0.29) is 35.1 Å². The second-order valence-electron chi connectivity index (χ2n) is 5.74. The third-order valence-electron chi connectivity index (χ3n) is 2.53. The van der Waals surface area contributed by atoms with E-state index in [2.05, 4.69) is 5.32 Å². The standard InChI is InChI=1S/C14H20N2O5/c1-9(17)11-7-10(16(19)20)5-6-12(11)21-8-13(18)15-14(2,3)4/h5-7,9,17H,8H2,1-4H3,(H,15,18). The average Bonchev–Trinajstić information content (AvgIpc) is 2.33. The Bertz CT molecular complexity index is 535. The van der Waals surface area contributed by atoms with Crippen molar-refractivity contribution in [2.45, 2.75) is 39.3 Å². The zero-order valence-electron chi connectivity index (χ0n) is 12.5. The van der Waals surface area contributed by atoms with Gasteiger partial charge in [0.05, 0.1) is 11.0 Å². The first-order valence-electron chi connectivity index (χ1n) is 6.50. The Morgan fingerprint density at radius 3 is 2.57 bits per heavy atom. The van der Waals surface area contributed by atoms with Crippen molar-refractivity contribution in [1.82, 2.24) is 5.32 Å². The molecule has 7 nitrogen and oxygen atoms in total. The molecule has 116 valence electrons. The summed E-state index contributed by atoms with van der Waals surface area (Å²) in [7, 11) is 0. The summed E-state index contributed by atoms with van der Waals surface area (Å²) in [5, 5.41) is 23.1. The monoisotopic (exact) mass is 296 g/mol. The van der Waals surface area contributed by atoms with E-state index in [0.717, 1.165) is 0 Å². The Kier molecular flexibility index (Phi) is 5.26. The molecule has 1 rings (SSSR count). The highest BCUT2D eigenvalue weighted by molar-refractivity contribution is 5.78. The maximum atomic E-state index is 11.7. The summed E-state index contributed by atoms with van der Waals surface area (Å²) in [5.41, 5.74) is -0.242. The van der Waals surface area contributed by atoms with Crippen LogP contribution in [0.4, 0.5) is 5.69 Å². The van der Waals surface area contributed by atoms with E-state index >= 15 is 0 Å². The Morgan fingerprint density at radius 1 is 1.48 bits per heavy atom. The highest BCUT2D eigenvalue weighted by Crippen LogP contribution is 2.29. The van der Waals surface area contributed by atoms with Crippen LogP contribution in [0.2, 0.25) is 0 Å². The van der Waals surface area contributed by atoms with Crippen molar-refractivity contribution in [2.75, 3.05) is 6.61 Å². The van der Waals surface area contributed by atoms with E-state index in [9.17, 15) is 20.0 Å². The van der Waals surface area contributed by atoms with E-state index in [1.807, 2.05) is 20.8 Å². The lowest BCUT2D eigenvalue weighted by Crippen LogP contribution is -2.43. The number of nitrogens with one attached hydrogen (secondary N) is 1. The highest BCUT2D eigenvalue weighted by Gasteiger charge is 2.18. The van der Waals surface area contributed by atoms with Gasteiger partial charge in [0.1, 0.15) is 5.75 Å². The Hall–Kier alpha value is -2.15. The van der Waals surface area contributed by atoms with E-state index < -0.39 is 11.0 Å². The number of carbonyl (C=O) groups is 1. The molecule has 1 aromatic carbocycles. The van der Waals surface area contributed by atoms with E-state index in [0.29, 0.717) is 0 Å². The summed E-state index contributed by atoms with van der Waals surface area (Å²) in [6, 6.07) is 3.88. The summed E-state index contributed by atoms with van der Waals surface area (Å²) in [6.45, 7) is 6.78. The molecule has 0 spiro atoms. The molecule has 1 amide bonds. The molecule has 21 heavy (non-hydrogen) atoms. The summed E-state index contributed by atoms with van der Waals surface area (Å²) in [6.07, 6.45) is -0.939. The first kappa shape index (κ1) is 16.9. The van der Waals surface area contributed by atoms with Gasteiger partial charge < -0.3 is 15.2 Å². The Morgan fingerprint density at radius 2 is 2.10 bits per heavy atom. The van der Waals surface area contributed by atoms with Crippen LogP contribution in [0.5, 0.6) is 5.75 Å². The summed E-state index contributed by atoms with van der Waals surface area (Å²) in [5.74, 6) is -0.0583. The van der Waals surface area contributed by atoms with Gasteiger partial charge in [-0.1, -0.05) is 0 Å². The van der Waals surface area contributed by atoms with Crippen LogP contribution in [0.25, 0.3) is 0 Å². The smallest absolute Gasteiger partial charge is 0.270 e. The Labute approximate surface area is 123 Å². The third-order valence-corrected chi connectivity index (χ3v) is 2.53. The number of rotatable bonds is 5. The number of aliphatic hydroxyl groups is 1. The predicted octanol–water partition coefficient (Wildman–Crippen LogP) is 1.94. The van der Waals surface area contributed by atoms with Crippen LogP contribution in [-0.4, -0.2) is 28.1 Å². The molecule has 0 aromatic heterocycles. The van der Waals surface area contributed by atoms with E-state index in [4.69, 9.17) is 4.74 Å². The number of nitro benzene ring substituents is 1. The second-order valence-corrected chi connectivity index (χ2v) is 5.74. The maximum absolute atomic E-state index is 11.7. The van der Waals surface area contributed by atoms with Crippen molar-refractivity contribution < 1.29 is 19.6 Å². The van der Waals surface area contributed by atoms with Crippen LogP contribution in [0.15, 0.2) is 18.2 Å². The normalized spacial score (nSPS) is 12.6. The molecule has 1 unspecified atom stereocenters. The molecule has 0 aliphatic carbocycles. The van der Waals surface area contributed by atoms with E-state index in [1.165, 1.54) is 25.1 Å². The van der Waals surface area contributed by atoms with Crippen molar-refractivity contribution in [3.8, 4) is 5.75 Å². The summed E-state index contributed by atoms with van der Waals surface area (Å²) >= 11 is 0. The number of nitrogens with zero attached hydrogens (tertiary/aromatic N) is 1. The molecule has 1 atom stereocenters. The number of ether oxygens (including phenoxy) is 1. The average molecular weight is 296 g/mol. The highest BCUT2D eigenvalue weighted by atomic mass is 16.6. The predicted molar refractivity (Wildman–Crippen MR) is 77.1 cm³/mol. The number of benzene rings is 1. The van der Waals surface area contributed by atoms with Gasteiger partial charge in [0.15, 0.2) is 6.61 Å². The molecule has 0 aliphatic rings. The zero-order valence-corrected chi connectivity index (χ0v) is 12.5. The van der Waals surface area contributed by atoms with Crippen molar-refractivity contribution in [3.63, 3.8) is 0 Å². The van der Waals surface area contributed by atoms with Crippen LogP contribution >= 0.6 is 0 Å². The fourth-order valence-corrected chi connectivity index (χ4v) is 1.70. The second kappa shape index (κ2) is 6.53. The molecule has 0 aliphatic heterocycles. The zero-order chi connectivity index (χ0) is 16.2. The van der Waals surface area contributed by atoms with Crippen LogP contribution in [0, 0.1) is 10.1 Å². The lowest BCUT2D eigenvalue weighted by molar-refractivity contribution is -0.385. The summed E-state index contributed by atoms with van der Waals surface area (Å²) in [4.78, 5) is 21.9. The van der Waals surface area contributed by atoms with Crippen molar-refractivity contribution in [1.29, 1.82) is 0 Å². The SMILES string of the molecule is CC(O)c1cc([N+](=O)[O-])ccc1OCC(=O)NC(C)(C)C. The van der Waals surface area contributed by atoms with Crippen molar-refractivity contribution >= 4 is 11.6 Å². The molecular weight excluding hydrogens is 276 g/mol. The number of nitro groups is 1. The minimum absolute atomic E-state index is 0.141. The third kappa shape index (κ3) is 5.39. The topological polar surface area (TPSA) is 102 Å². The van der Waals surface area contributed by atoms with Gasteiger partial charge in [0, 0.05) is 23.2 Å². The number of non-ortho nitro benzene ring substituents is 1. The molecule has 0 saturated carbocycles. The molecule has 0 bridgehead atoms. The quantitative estimate of drug-likeness (QED) is 0.638. The summed E-state index contributed by atoms with van der Waals surface area (Å²) < 4.78 is 5.35. The minimum Gasteiger partial charge on any atom is -0.483 e. The number of amides is 1. The number of hydrogen-bond acceptors (Lipinski definition) is 5. The van der Waals surface area contributed by atoms with Gasteiger partial charge in [-0.3, -0.25) is 14.9 Å². The molecule has 1 aromatic rings. The first-order chi connectivity index (χ1) is 9.60. The molecule has 7 heteroatoms. The van der Waals surface area contributed by atoms with Crippen molar-refractivity contribution in [3.05, 3.63) is 33.9 Å². The van der Waals surface area contributed by atoms with Gasteiger partial charge in [-0.05, 0) is 33.8 Å². The first-order valence-corrected chi connectivity index (χ1v) is 6.50. The van der Waals surface area contributed by atoms with Gasteiger partial charge >= 0.3 is 0 Å². The Balaban J connectivity index is 2.84. The van der Waals surface area contributed by atoms with Gasteiger partial charge in [0.2, 0.25) is 0 Å². The lowest BCUT2D eigenvalue weighted by Gasteiger charge is -2.21. The van der Waals surface area contributed by atoms with Gasteiger partial charge in [0.25, 0.3) is 11.6 Å². The molecule has 0 heterocycles. The largest absolute Gasteiger partial charge is 0.483 e. The van der Waals surface area contributed by atoms with Crippen LogP contribution in [0.3, 0.4) is 0 Å². The molecule has 0 saturated heterocycles. The molecule has 0 fully saturated rings. The van der Waals surface area contributed by atoms with Gasteiger partial charge in [-0.25, -0.2) is 0 Å². The minimum atomic E-state index is -0.939. The lowest BCUT2D eigenvalue weighted by atomic mass is 10.1. The van der Waals surface area contributed by atoms with Crippen molar-refractivity contribution in [2.24, 2.45) is 0 Å². The van der Waals surface area contributed by atoms with Gasteiger partial charge in [-0.2, -0.15) is 0 Å². The molecule has 0 radical (unpaired) electrons. The fourth-order valence-electron chi connectivity index (χ4n) is 1.70. The van der Waals surface area contributed by atoms with Gasteiger partial charge in [-0.15, -0.1) is 0 Å². The molecule has 2 N–H and O–H groups in total. The van der Waals surface area contributed by atoms with E-state index in [1.54, 1.807) is 0 Å². The molecular formula is C14H20N2O5. The number of aliphatic hydroxyl groups excluding tert-OH is 1. The fraction of sp³-hybridized carbons (Fsp3) is 0.500. The van der Waals surface area contributed by atoms with Crippen LogP contribution < -0.4 is 10.1 Å².